The van der Waals surface area contributed by atoms with Crippen LogP contribution in [0.15, 0.2) is 24.3 Å². The Morgan fingerprint density at radius 3 is 2.45 bits per heavy atom. The molecule has 20 heavy (non-hydrogen) atoms. The normalized spacial score (nSPS) is 17.4. The van der Waals surface area contributed by atoms with E-state index in [2.05, 4.69) is 5.32 Å². The van der Waals surface area contributed by atoms with Gasteiger partial charge in [-0.2, -0.15) is 0 Å². The van der Waals surface area contributed by atoms with Crippen LogP contribution in [-0.4, -0.2) is 37.9 Å². The lowest BCUT2D eigenvalue weighted by molar-refractivity contribution is -0.145. The third-order valence-electron chi connectivity index (χ3n) is 3.76. The highest BCUT2D eigenvalue weighted by Gasteiger charge is 2.29. The Labute approximate surface area is 118 Å². The maximum atomic E-state index is 11.4. The summed E-state index contributed by atoms with van der Waals surface area (Å²) in [6, 6.07) is 7.19. The van der Waals surface area contributed by atoms with E-state index in [1.807, 2.05) is 0 Å². The van der Waals surface area contributed by atoms with E-state index >= 15 is 0 Å². The molecule has 1 atom stereocenters. The summed E-state index contributed by atoms with van der Waals surface area (Å²) < 4.78 is 10.7. The molecule has 1 aliphatic heterocycles. The van der Waals surface area contributed by atoms with Crippen LogP contribution in [0.2, 0.25) is 0 Å². The monoisotopic (exact) mass is 279 g/mol. The molecule has 1 aliphatic rings. The van der Waals surface area contributed by atoms with Crippen molar-refractivity contribution in [3.63, 3.8) is 0 Å². The maximum absolute atomic E-state index is 11.4. The second-order valence-corrected chi connectivity index (χ2v) is 5.02. The van der Waals surface area contributed by atoms with Gasteiger partial charge in [0.25, 0.3) is 0 Å². The number of piperidine rings is 1. The van der Waals surface area contributed by atoms with Crippen molar-refractivity contribution in [1.29, 1.82) is 0 Å². The number of hydrogen-bond acceptors (Lipinski definition) is 4. The Balaban J connectivity index is 1.92. The lowest BCUT2D eigenvalue weighted by Gasteiger charge is -2.28. The number of aliphatic carboxylic acids is 1. The summed E-state index contributed by atoms with van der Waals surface area (Å²) in [4.78, 5) is 11.4. The van der Waals surface area contributed by atoms with Crippen molar-refractivity contribution in [2.24, 2.45) is 11.8 Å². The SMILES string of the molecule is COc1ccc(OCC(C(=O)O)C2CCNCC2)cc1. The van der Waals surface area contributed by atoms with Crippen LogP contribution in [0.5, 0.6) is 11.5 Å². The van der Waals surface area contributed by atoms with Gasteiger partial charge in [-0.15, -0.1) is 0 Å². The summed E-state index contributed by atoms with van der Waals surface area (Å²) >= 11 is 0. The summed E-state index contributed by atoms with van der Waals surface area (Å²) in [7, 11) is 1.60. The molecule has 0 spiro atoms. The predicted octanol–water partition coefficient (Wildman–Crippen LogP) is 1.77. The summed E-state index contributed by atoms with van der Waals surface area (Å²) in [5.41, 5.74) is 0. The molecule has 0 aliphatic carbocycles. The molecule has 0 aromatic heterocycles. The molecule has 5 nitrogen and oxygen atoms in total. The summed E-state index contributed by atoms with van der Waals surface area (Å²) in [6.45, 7) is 1.99. The highest BCUT2D eigenvalue weighted by molar-refractivity contribution is 5.70. The number of carboxylic acid groups (broad SMARTS) is 1. The Hall–Kier alpha value is -1.75. The van der Waals surface area contributed by atoms with Crippen molar-refractivity contribution in [2.75, 3.05) is 26.8 Å². The van der Waals surface area contributed by atoms with Gasteiger partial charge in [0.2, 0.25) is 0 Å². The Morgan fingerprint density at radius 1 is 1.30 bits per heavy atom. The van der Waals surface area contributed by atoms with Crippen molar-refractivity contribution in [2.45, 2.75) is 12.8 Å². The summed E-state index contributed by atoms with van der Waals surface area (Å²) in [5, 5.41) is 12.6. The zero-order chi connectivity index (χ0) is 14.4. The third kappa shape index (κ3) is 3.87. The molecule has 1 aromatic carbocycles. The molecule has 0 bridgehead atoms. The van der Waals surface area contributed by atoms with Gasteiger partial charge in [0.1, 0.15) is 18.1 Å². The van der Waals surface area contributed by atoms with Gasteiger partial charge < -0.3 is 19.9 Å². The minimum atomic E-state index is -0.773. The number of methoxy groups -OCH3 is 1. The zero-order valence-electron chi connectivity index (χ0n) is 11.7. The minimum absolute atomic E-state index is 0.187. The van der Waals surface area contributed by atoms with Gasteiger partial charge in [-0.05, 0) is 56.1 Å². The molecule has 2 rings (SSSR count). The van der Waals surface area contributed by atoms with Gasteiger partial charge in [-0.1, -0.05) is 0 Å². The van der Waals surface area contributed by atoms with Gasteiger partial charge in [0.05, 0.1) is 13.0 Å². The number of hydrogen-bond donors (Lipinski definition) is 2. The molecule has 1 aromatic rings. The fraction of sp³-hybridized carbons (Fsp3) is 0.533. The Kier molecular flexibility index (Phi) is 5.24. The van der Waals surface area contributed by atoms with Crippen LogP contribution in [0.25, 0.3) is 0 Å². The van der Waals surface area contributed by atoms with E-state index in [0.29, 0.717) is 5.75 Å². The maximum Gasteiger partial charge on any atom is 0.310 e. The number of nitrogens with one attached hydrogen (secondary N) is 1. The average Bonchev–Trinajstić information content (AvgIpc) is 2.49. The molecule has 1 unspecified atom stereocenters. The van der Waals surface area contributed by atoms with Crippen LogP contribution >= 0.6 is 0 Å². The minimum Gasteiger partial charge on any atom is -0.497 e. The van der Waals surface area contributed by atoms with Gasteiger partial charge in [0, 0.05) is 0 Å². The van der Waals surface area contributed by atoms with Crippen LogP contribution in [0.3, 0.4) is 0 Å². The topological polar surface area (TPSA) is 67.8 Å². The number of carboxylic acids is 1. The van der Waals surface area contributed by atoms with Gasteiger partial charge in [-0.25, -0.2) is 0 Å². The molecule has 1 fully saturated rings. The first-order chi connectivity index (χ1) is 9.70. The fourth-order valence-electron chi connectivity index (χ4n) is 2.51. The van der Waals surface area contributed by atoms with Crippen LogP contribution in [0.4, 0.5) is 0 Å². The van der Waals surface area contributed by atoms with E-state index in [1.165, 1.54) is 0 Å². The standard InChI is InChI=1S/C15H21NO4/c1-19-12-2-4-13(5-3-12)20-10-14(15(17)18)11-6-8-16-9-7-11/h2-5,11,14,16H,6-10H2,1H3,(H,17,18). The molecule has 0 saturated carbocycles. The Morgan fingerprint density at radius 2 is 1.90 bits per heavy atom. The second kappa shape index (κ2) is 7.14. The smallest absolute Gasteiger partial charge is 0.310 e. The third-order valence-corrected chi connectivity index (χ3v) is 3.76. The van der Waals surface area contributed by atoms with Crippen LogP contribution < -0.4 is 14.8 Å². The number of carbonyl (C=O) groups is 1. The zero-order valence-corrected chi connectivity index (χ0v) is 11.7. The molecule has 1 heterocycles. The second-order valence-electron chi connectivity index (χ2n) is 5.02. The Bertz CT molecular complexity index is 426. The molecular formula is C15H21NO4. The highest BCUT2D eigenvalue weighted by Crippen LogP contribution is 2.24. The van der Waals surface area contributed by atoms with Gasteiger partial charge in [0.15, 0.2) is 0 Å². The molecule has 2 N–H and O–H groups in total. The molecule has 5 heteroatoms. The highest BCUT2D eigenvalue weighted by atomic mass is 16.5. The van der Waals surface area contributed by atoms with Crippen molar-refractivity contribution in [3.8, 4) is 11.5 Å². The van der Waals surface area contributed by atoms with Crippen LogP contribution in [-0.2, 0) is 4.79 Å². The van der Waals surface area contributed by atoms with Crippen molar-refractivity contribution in [3.05, 3.63) is 24.3 Å². The average molecular weight is 279 g/mol. The van der Waals surface area contributed by atoms with E-state index in [-0.39, 0.29) is 12.5 Å². The largest absolute Gasteiger partial charge is 0.497 e. The predicted molar refractivity (Wildman–Crippen MR) is 75.2 cm³/mol. The van der Waals surface area contributed by atoms with E-state index < -0.39 is 11.9 Å². The molecule has 110 valence electrons. The first kappa shape index (κ1) is 14.7. The lowest BCUT2D eigenvalue weighted by Crippen LogP contribution is -2.37. The van der Waals surface area contributed by atoms with E-state index in [0.717, 1.165) is 31.7 Å². The van der Waals surface area contributed by atoms with Gasteiger partial charge >= 0.3 is 5.97 Å². The first-order valence-corrected chi connectivity index (χ1v) is 6.91. The summed E-state index contributed by atoms with van der Waals surface area (Å²) in [5.74, 6) is 0.396. The quantitative estimate of drug-likeness (QED) is 0.830. The van der Waals surface area contributed by atoms with Crippen molar-refractivity contribution >= 4 is 5.97 Å². The van der Waals surface area contributed by atoms with E-state index in [9.17, 15) is 9.90 Å². The molecule has 1 saturated heterocycles. The van der Waals surface area contributed by atoms with Crippen molar-refractivity contribution < 1.29 is 19.4 Å². The summed E-state index contributed by atoms with van der Waals surface area (Å²) in [6.07, 6.45) is 1.78. The van der Waals surface area contributed by atoms with Gasteiger partial charge in [-0.3, -0.25) is 4.79 Å². The van der Waals surface area contributed by atoms with Crippen LogP contribution in [0.1, 0.15) is 12.8 Å². The van der Waals surface area contributed by atoms with Crippen LogP contribution in [0, 0.1) is 11.8 Å². The van der Waals surface area contributed by atoms with E-state index in [1.54, 1.807) is 31.4 Å². The number of rotatable bonds is 6. The van der Waals surface area contributed by atoms with E-state index in [4.69, 9.17) is 9.47 Å². The lowest BCUT2D eigenvalue weighted by atomic mass is 9.85. The number of ether oxygens (including phenoxy) is 2. The number of benzene rings is 1. The first-order valence-electron chi connectivity index (χ1n) is 6.91. The fourth-order valence-corrected chi connectivity index (χ4v) is 2.51. The molecule has 0 radical (unpaired) electrons. The van der Waals surface area contributed by atoms with Crippen molar-refractivity contribution in [1.82, 2.24) is 5.32 Å². The molecule has 0 amide bonds. The molecular weight excluding hydrogens is 258 g/mol.